The molecule has 0 unspecified atom stereocenters. The molecule has 1 aliphatic carbocycles. The number of hydrogen-bond acceptors (Lipinski definition) is 0. The summed E-state index contributed by atoms with van der Waals surface area (Å²) in [5.74, 6) is 0.625. The number of aromatic nitrogens is 1. The number of benzene rings is 2. The Labute approximate surface area is 161 Å². The third-order valence-corrected chi connectivity index (χ3v) is 5.84. The van der Waals surface area contributed by atoms with E-state index in [-0.39, 0.29) is 5.82 Å². The molecule has 1 nitrogen and oxygen atoms in total. The zero-order valence-electron chi connectivity index (χ0n) is 16.1. The van der Waals surface area contributed by atoms with Gasteiger partial charge in [0, 0.05) is 29.6 Å². The minimum absolute atomic E-state index is 0.137. The molecule has 4 rings (SSSR count). The fourth-order valence-electron chi connectivity index (χ4n) is 4.35. The van der Waals surface area contributed by atoms with Gasteiger partial charge in [0.05, 0.1) is 0 Å². The second kappa shape index (κ2) is 8.12. The largest absolute Gasteiger partial charge is 0.346 e. The van der Waals surface area contributed by atoms with Crippen LogP contribution in [-0.2, 0) is 13.0 Å². The van der Waals surface area contributed by atoms with Gasteiger partial charge in [-0.2, -0.15) is 0 Å². The van der Waals surface area contributed by atoms with Gasteiger partial charge in [-0.15, -0.1) is 0 Å². The van der Waals surface area contributed by atoms with E-state index in [1.165, 1.54) is 43.4 Å². The van der Waals surface area contributed by atoms with Crippen molar-refractivity contribution in [1.29, 1.82) is 0 Å². The smallest absolute Gasteiger partial charge is 0.131 e. The van der Waals surface area contributed by atoms with Gasteiger partial charge in [0.1, 0.15) is 5.82 Å². The van der Waals surface area contributed by atoms with E-state index in [0.29, 0.717) is 5.56 Å². The van der Waals surface area contributed by atoms with Crippen LogP contribution in [0.5, 0.6) is 0 Å². The Balaban J connectivity index is 1.68. The molecule has 0 bridgehead atoms. The minimum Gasteiger partial charge on any atom is -0.346 e. The van der Waals surface area contributed by atoms with Crippen molar-refractivity contribution in [3.63, 3.8) is 0 Å². The summed E-state index contributed by atoms with van der Waals surface area (Å²) in [4.78, 5) is 0. The molecule has 1 heterocycles. The molecule has 3 aromatic rings. The van der Waals surface area contributed by atoms with Crippen LogP contribution in [0.25, 0.3) is 11.1 Å². The van der Waals surface area contributed by atoms with Crippen LogP contribution in [-0.4, -0.2) is 4.57 Å². The summed E-state index contributed by atoms with van der Waals surface area (Å²) >= 11 is 0. The first-order valence-electron chi connectivity index (χ1n) is 10.2. The first kappa shape index (κ1) is 18.0. The number of hydrogen-bond donors (Lipinski definition) is 0. The molecule has 1 saturated carbocycles. The number of rotatable bonds is 5. The summed E-state index contributed by atoms with van der Waals surface area (Å²) in [5.41, 5.74) is 5.43. The second-order valence-corrected chi connectivity index (χ2v) is 8.03. The van der Waals surface area contributed by atoms with Crippen LogP contribution in [0.3, 0.4) is 0 Å². The predicted octanol–water partition coefficient (Wildman–Crippen LogP) is 6.77. The van der Waals surface area contributed by atoms with E-state index in [1.807, 2.05) is 19.1 Å². The third-order valence-electron chi connectivity index (χ3n) is 5.84. The monoisotopic (exact) mass is 361 g/mol. The molecule has 1 fully saturated rings. The summed E-state index contributed by atoms with van der Waals surface area (Å²) in [6.07, 6.45) is 9.97. The van der Waals surface area contributed by atoms with E-state index < -0.39 is 0 Å². The lowest BCUT2D eigenvalue weighted by Crippen LogP contribution is -2.12. The van der Waals surface area contributed by atoms with Crippen molar-refractivity contribution in [1.82, 2.24) is 4.57 Å². The van der Waals surface area contributed by atoms with Gasteiger partial charge in [-0.25, -0.2) is 4.39 Å². The molecule has 2 heteroatoms. The molecule has 2 aromatic carbocycles. The molecule has 0 aliphatic heterocycles. The molecule has 0 amide bonds. The highest BCUT2D eigenvalue weighted by atomic mass is 19.1. The Hall–Kier alpha value is -2.35. The maximum absolute atomic E-state index is 14.5. The summed E-state index contributed by atoms with van der Waals surface area (Å²) in [5, 5.41) is 0. The molecule has 1 aliphatic rings. The molecule has 0 radical (unpaired) electrons. The Kier molecular flexibility index (Phi) is 5.42. The van der Waals surface area contributed by atoms with Gasteiger partial charge in [-0.3, -0.25) is 0 Å². The van der Waals surface area contributed by atoms with Gasteiger partial charge in [-0.05, 0) is 43.0 Å². The lowest BCUT2D eigenvalue weighted by molar-refractivity contribution is 0.351. The Bertz CT molecular complexity index is 888. The van der Waals surface area contributed by atoms with E-state index >= 15 is 0 Å². The van der Waals surface area contributed by atoms with Crippen LogP contribution in [0, 0.1) is 18.7 Å². The highest BCUT2D eigenvalue weighted by Crippen LogP contribution is 2.31. The van der Waals surface area contributed by atoms with Gasteiger partial charge in [0.2, 0.25) is 0 Å². The SMILES string of the molecule is Cc1ccc(F)c(-c2cc(CC3CCCCC3)n(Cc3ccccc3)c2)c1. The van der Waals surface area contributed by atoms with Crippen LogP contribution in [0.2, 0.25) is 0 Å². The second-order valence-electron chi connectivity index (χ2n) is 8.03. The van der Waals surface area contributed by atoms with Crippen molar-refractivity contribution in [2.75, 3.05) is 0 Å². The number of halogens is 1. The van der Waals surface area contributed by atoms with E-state index in [2.05, 4.69) is 47.2 Å². The maximum Gasteiger partial charge on any atom is 0.131 e. The van der Waals surface area contributed by atoms with Gasteiger partial charge >= 0.3 is 0 Å². The fraction of sp³-hybridized carbons (Fsp3) is 0.360. The van der Waals surface area contributed by atoms with Crippen LogP contribution >= 0.6 is 0 Å². The maximum atomic E-state index is 14.5. The quantitative estimate of drug-likeness (QED) is 0.472. The molecule has 0 spiro atoms. The van der Waals surface area contributed by atoms with Crippen molar-refractivity contribution in [2.24, 2.45) is 5.92 Å². The Morgan fingerprint density at radius 3 is 2.52 bits per heavy atom. The van der Waals surface area contributed by atoms with Crippen molar-refractivity contribution in [3.8, 4) is 11.1 Å². The summed E-state index contributed by atoms with van der Waals surface area (Å²) in [6.45, 7) is 2.86. The average Bonchev–Trinajstić information content (AvgIpc) is 3.07. The van der Waals surface area contributed by atoms with Gasteiger partial charge in [0.25, 0.3) is 0 Å². The topological polar surface area (TPSA) is 4.93 Å². The Morgan fingerprint density at radius 1 is 0.963 bits per heavy atom. The third kappa shape index (κ3) is 4.32. The summed E-state index contributed by atoms with van der Waals surface area (Å²) < 4.78 is 16.8. The van der Waals surface area contributed by atoms with Crippen LogP contribution in [0.1, 0.15) is 48.9 Å². The van der Waals surface area contributed by atoms with Gasteiger partial charge in [-0.1, -0.05) is 74.1 Å². The Morgan fingerprint density at radius 2 is 1.74 bits per heavy atom. The predicted molar refractivity (Wildman–Crippen MR) is 110 cm³/mol. The lowest BCUT2D eigenvalue weighted by Gasteiger charge is -2.22. The van der Waals surface area contributed by atoms with Crippen molar-refractivity contribution in [2.45, 2.75) is 52.0 Å². The molecule has 0 atom stereocenters. The van der Waals surface area contributed by atoms with Crippen molar-refractivity contribution >= 4 is 0 Å². The van der Waals surface area contributed by atoms with Crippen molar-refractivity contribution in [3.05, 3.63) is 83.4 Å². The zero-order chi connectivity index (χ0) is 18.6. The van der Waals surface area contributed by atoms with E-state index in [0.717, 1.165) is 30.0 Å². The average molecular weight is 362 g/mol. The molecule has 0 N–H and O–H groups in total. The van der Waals surface area contributed by atoms with Crippen LogP contribution < -0.4 is 0 Å². The van der Waals surface area contributed by atoms with Gasteiger partial charge in [0.15, 0.2) is 0 Å². The number of nitrogens with zero attached hydrogens (tertiary/aromatic N) is 1. The lowest BCUT2D eigenvalue weighted by atomic mass is 9.86. The molecule has 1 aromatic heterocycles. The summed E-state index contributed by atoms with van der Waals surface area (Å²) in [7, 11) is 0. The first-order valence-corrected chi connectivity index (χ1v) is 10.2. The zero-order valence-corrected chi connectivity index (χ0v) is 16.1. The first-order chi connectivity index (χ1) is 13.2. The van der Waals surface area contributed by atoms with Crippen LogP contribution in [0.4, 0.5) is 4.39 Å². The van der Waals surface area contributed by atoms with Crippen LogP contribution in [0.15, 0.2) is 60.8 Å². The van der Waals surface area contributed by atoms with E-state index in [4.69, 9.17) is 0 Å². The molecule has 27 heavy (non-hydrogen) atoms. The minimum atomic E-state index is -0.137. The number of aryl methyl sites for hydroxylation is 1. The summed E-state index contributed by atoms with van der Waals surface area (Å²) in [6, 6.07) is 18.1. The highest BCUT2D eigenvalue weighted by molar-refractivity contribution is 5.65. The molecular formula is C25H28FN. The molecule has 140 valence electrons. The standard InChI is InChI=1S/C25H28FN/c1-19-12-13-25(26)24(14-19)22-16-23(15-20-8-4-2-5-9-20)27(18-22)17-21-10-6-3-7-11-21/h3,6-7,10-14,16,18,20H,2,4-5,8-9,15,17H2,1H3. The normalized spacial score (nSPS) is 15.2. The fourth-order valence-corrected chi connectivity index (χ4v) is 4.35. The van der Waals surface area contributed by atoms with E-state index in [9.17, 15) is 4.39 Å². The molecular weight excluding hydrogens is 333 g/mol. The van der Waals surface area contributed by atoms with Crippen molar-refractivity contribution < 1.29 is 4.39 Å². The van der Waals surface area contributed by atoms with Gasteiger partial charge < -0.3 is 4.57 Å². The molecule has 0 saturated heterocycles. The highest BCUT2D eigenvalue weighted by Gasteiger charge is 2.18. The van der Waals surface area contributed by atoms with E-state index in [1.54, 1.807) is 6.07 Å².